The van der Waals surface area contributed by atoms with Crippen molar-refractivity contribution < 1.29 is 13.6 Å². The van der Waals surface area contributed by atoms with Gasteiger partial charge in [-0.05, 0) is 31.0 Å². The van der Waals surface area contributed by atoms with Gasteiger partial charge in [0.1, 0.15) is 23.9 Å². The number of carbonyl (C=O) groups is 1. The number of halogens is 2. The minimum Gasteiger partial charge on any atom is -0.322 e. The second-order valence-corrected chi connectivity index (χ2v) is 8.15. The van der Waals surface area contributed by atoms with Gasteiger partial charge in [-0.1, -0.05) is 31.2 Å². The number of hydrogen-bond donors (Lipinski definition) is 1. The predicted molar refractivity (Wildman–Crippen MR) is 116 cm³/mol. The Labute approximate surface area is 180 Å². The SMILES string of the molecule is CCc1ccc(-c2nn(CC(=O)Nc3ccc(F)cc3F)c(=O)c3nc(C)sc23)cc1. The summed E-state index contributed by atoms with van der Waals surface area (Å²) in [5, 5.41) is 7.46. The Morgan fingerprint density at radius 2 is 1.90 bits per heavy atom. The molecule has 0 atom stereocenters. The average molecular weight is 440 g/mol. The number of thiazole rings is 1. The lowest BCUT2D eigenvalue weighted by atomic mass is 10.1. The minimum atomic E-state index is -0.907. The maximum Gasteiger partial charge on any atom is 0.294 e. The molecule has 0 fully saturated rings. The fraction of sp³-hybridized carbons (Fsp3) is 0.182. The van der Waals surface area contributed by atoms with Gasteiger partial charge in [-0.2, -0.15) is 5.10 Å². The van der Waals surface area contributed by atoms with Crippen molar-refractivity contribution in [1.82, 2.24) is 14.8 Å². The van der Waals surface area contributed by atoms with E-state index in [0.29, 0.717) is 21.5 Å². The van der Waals surface area contributed by atoms with E-state index >= 15 is 0 Å². The molecule has 31 heavy (non-hydrogen) atoms. The maximum atomic E-state index is 13.8. The number of benzene rings is 2. The lowest BCUT2D eigenvalue weighted by Gasteiger charge is -2.10. The molecule has 0 spiro atoms. The summed E-state index contributed by atoms with van der Waals surface area (Å²) in [6.07, 6.45) is 0.891. The van der Waals surface area contributed by atoms with E-state index in [0.717, 1.165) is 34.4 Å². The highest BCUT2D eigenvalue weighted by atomic mass is 32.1. The van der Waals surface area contributed by atoms with Crippen LogP contribution in [-0.4, -0.2) is 20.7 Å². The molecule has 0 radical (unpaired) electrons. The first-order valence-electron chi connectivity index (χ1n) is 9.58. The summed E-state index contributed by atoms with van der Waals surface area (Å²) in [6.45, 7) is 3.41. The van der Waals surface area contributed by atoms with Gasteiger partial charge in [0.15, 0.2) is 5.52 Å². The Morgan fingerprint density at radius 3 is 2.58 bits per heavy atom. The average Bonchev–Trinajstić information content (AvgIpc) is 3.14. The molecule has 0 saturated carbocycles. The van der Waals surface area contributed by atoms with E-state index in [-0.39, 0.29) is 11.2 Å². The summed E-state index contributed by atoms with van der Waals surface area (Å²) in [4.78, 5) is 29.6. The molecule has 158 valence electrons. The van der Waals surface area contributed by atoms with E-state index in [1.54, 1.807) is 6.92 Å². The molecular weight excluding hydrogens is 422 g/mol. The number of aromatic nitrogens is 3. The van der Waals surface area contributed by atoms with Crippen LogP contribution in [0.5, 0.6) is 0 Å². The van der Waals surface area contributed by atoms with E-state index in [1.807, 2.05) is 24.3 Å². The summed E-state index contributed by atoms with van der Waals surface area (Å²) in [5.74, 6) is -2.33. The fourth-order valence-corrected chi connectivity index (χ4v) is 4.09. The molecule has 4 rings (SSSR count). The fourth-order valence-electron chi connectivity index (χ4n) is 3.18. The topological polar surface area (TPSA) is 76.9 Å². The molecule has 0 aliphatic carbocycles. The molecule has 0 aliphatic heterocycles. The highest BCUT2D eigenvalue weighted by molar-refractivity contribution is 7.19. The molecule has 1 amide bonds. The molecule has 2 aromatic carbocycles. The highest BCUT2D eigenvalue weighted by Crippen LogP contribution is 2.29. The molecule has 9 heteroatoms. The van der Waals surface area contributed by atoms with Crippen molar-refractivity contribution in [2.24, 2.45) is 0 Å². The van der Waals surface area contributed by atoms with Gasteiger partial charge < -0.3 is 5.32 Å². The van der Waals surface area contributed by atoms with Crippen LogP contribution in [0.3, 0.4) is 0 Å². The number of rotatable bonds is 5. The standard InChI is InChI=1S/C22H18F2N4O2S/c1-3-13-4-6-14(7-5-13)19-21-20(25-12(2)31-21)22(30)28(27-19)11-18(29)26-17-9-8-15(23)10-16(17)24/h4-10H,3,11H2,1-2H3,(H,26,29). The van der Waals surface area contributed by atoms with Crippen molar-refractivity contribution >= 4 is 33.1 Å². The van der Waals surface area contributed by atoms with Crippen molar-refractivity contribution in [2.45, 2.75) is 26.8 Å². The molecule has 0 saturated heterocycles. The number of nitrogens with one attached hydrogen (secondary N) is 1. The van der Waals surface area contributed by atoms with Gasteiger partial charge in [-0.3, -0.25) is 9.59 Å². The van der Waals surface area contributed by atoms with Crippen LogP contribution in [0.4, 0.5) is 14.5 Å². The first kappa shape index (κ1) is 20.8. The van der Waals surface area contributed by atoms with Crippen molar-refractivity contribution in [2.75, 3.05) is 5.32 Å². The van der Waals surface area contributed by atoms with Crippen LogP contribution >= 0.6 is 11.3 Å². The van der Waals surface area contributed by atoms with E-state index < -0.39 is 29.6 Å². The third kappa shape index (κ3) is 4.22. The van der Waals surface area contributed by atoms with Crippen molar-refractivity contribution in [3.8, 4) is 11.3 Å². The summed E-state index contributed by atoms with van der Waals surface area (Å²) >= 11 is 1.36. The highest BCUT2D eigenvalue weighted by Gasteiger charge is 2.18. The molecule has 0 bridgehead atoms. The number of amides is 1. The van der Waals surface area contributed by atoms with Gasteiger partial charge in [0.2, 0.25) is 5.91 Å². The zero-order chi connectivity index (χ0) is 22.1. The number of nitrogens with zero attached hydrogens (tertiary/aromatic N) is 3. The van der Waals surface area contributed by atoms with Crippen LogP contribution in [0.25, 0.3) is 21.5 Å². The minimum absolute atomic E-state index is 0.180. The van der Waals surface area contributed by atoms with Gasteiger partial charge in [0.05, 0.1) is 15.4 Å². The largest absolute Gasteiger partial charge is 0.322 e. The predicted octanol–water partition coefficient (Wildman–Crippen LogP) is 4.31. The number of anilines is 1. The molecular formula is C22H18F2N4O2S. The number of hydrogen-bond acceptors (Lipinski definition) is 5. The Kier molecular flexibility index (Phi) is 5.60. The van der Waals surface area contributed by atoms with Crippen LogP contribution in [0.1, 0.15) is 17.5 Å². The molecule has 2 aromatic heterocycles. The molecule has 0 unspecified atom stereocenters. The van der Waals surface area contributed by atoms with Crippen LogP contribution < -0.4 is 10.9 Å². The summed E-state index contributed by atoms with van der Waals surface area (Å²) in [5.41, 5.74) is 2.04. The Morgan fingerprint density at radius 1 is 1.16 bits per heavy atom. The zero-order valence-corrected chi connectivity index (χ0v) is 17.6. The molecule has 2 heterocycles. The zero-order valence-electron chi connectivity index (χ0n) is 16.8. The molecule has 0 aliphatic rings. The Hall–Kier alpha value is -3.46. The maximum absolute atomic E-state index is 13.8. The quantitative estimate of drug-likeness (QED) is 0.502. The lowest BCUT2D eigenvalue weighted by molar-refractivity contribution is -0.117. The van der Waals surface area contributed by atoms with E-state index in [4.69, 9.17) is 0 Å². The van der Waals surface area contributed by atoms with Gasteiger partial charge in [-0.15, -0.1) is 11.3 Å². The van der Waals surface area contributed by atoms with Gasteiger partial charge in [-0.25, -0.2) is 18.4 Å². The van der Waals surface area contributed by atoms with Crippen LogP contribution in [0, 0.1) is 18.6 Å². The smallest absolute Gasteiger partial charge is 0.294 e. The first-order valence-corrected chi connectivity index (χ1v) is 10.4. The molecule has 6 nitrogen and oxygen atoms in total. The molecule has 4 aromatic rings. The monoisotopic (exact) mass is 440 g/mol. The second-order valence-electron chi connectivity index (χ2n) is 6.94. The number of fused-ring (bicyclic) bond motifs is 1. The van der Waals surface area contributed by atoms with Crippen molar-refractivity contribution in [3.63, 3.8) is 0 Å². The van der Waals surface area contributed by atoms with Gasteiger partial charge in [0.25, 0.3) is 5.56 Å². The van der Waals surface area contributed by atoms with E-state index in [2.05, 4.69) is 22.3 Å². The van der Waals surface area contributed by atoms with Crippen LogP contribution in [-0.2, 0) is 17.8 Å². The lowest BCUT2D eigenvalue weighted by Crippen LogP contribution is -2.30. The van der Waals surface area contributed by atoms with Crippen molar-refractivity contribution in [1.29, 1.82) is 0 Å². The van der Waals surface area contributed by atoms with Gasteiger partial charge in [0, 0.05) is 11.6 Å². The first-order chi connectivity index (χ1) is 14.9. The summed E-state index contributed by atoms with van der Waals surface area (Å²) in [7, 11) is 0. The Balaban J connectivity index is 1.72. The summed E-state index contributed by atoms with van der Waals surface area (Å²) < 4.78 is 28.6. The number of carbonyl (C=O) groups excluding carboxylic acids is 1. The number of aryl methyl sites for hydroxylation is 2. The van der Waals surface area contributed by atoms with Crippen LogP contribution in [0.15, 0.2) is 47.3 Å². The summed E-state index contributed by atoms with van der Waals surface area (Å²) in [6, 6.07) is 10.6. The van der Waals surface area contributed by atoms with Gasteiger partial charge >= 0.3 is 0 Å². The van der Waals surface area contributed by atoms with Crippen LogP contribution in [0.2, 0.25) is 0 Å². The van der Waals surface area contributed by atoms with Crippen molar-refractivity contribution in [3.05, 3.63) is 75.0 Å². The Bertz CT molecular complexity index is 1350. The third-order valence-electron chi connectivity index (χ3n) is 4.74. The molecule has 1 N–H and O–H groups in total. The second kappa shape index (κ2) is 8.35. The third-order valence-corrected chi connectivity index (χ3v) is 5.72. The van der Waals surface area contributed by atoms with E-state index in [9.17, 15) is 18.4 Å². The normalized spacial score (nSPS) is 11.1. The van der Waals surface area contributed by atoms with E-state index in [1.165, 1.54) is 11.3 Å².